The van der Waals surface area contributed by atoms with Crippen LogP contribution in [-0.2, 0) is 6.42 Å². The minimum Gasteiger partial charge on any atom is -0.383 e. The summed E-state index contributed by atoms with van der Waals surface area (Å²) in [6, 6.07) is 4.02. The van der Waals surface area contributed by atoms with Crippen molar-refractivity contribution in [3.8, 4) is 0 Å². The molecule has 92 valence electrons. The summed E-state index contributed by atoms with van der Waals surface area (Å²) in [5, 5.41) is 0. The van der Waals surface area contributed by atoms with E-state index >= 15 is 0 Å². The first-order valence-corrected chi connectivity index (χ1v) is 6.26. The van der Waals surface area contributed by atoms with Crippen LogP contribution in [0.15, 0.2) is 24.5 Å². The van der Waals surface area contributed by atoms with Gasteiger partial charge < -0.3 is 5.73 Å². The van der Waals surface area contributed by atoms with Crippen molar-refractivity contribution in [3.05, 3.63) is 47.2 Å². The second-order valence-corrected chi connectivity index (χ2v) is 4.85. The quantitative estimate of drug-likeness (QED) is 0.893. The molecule has 1 fully saturated rings. The molecule has 1 aliphatic rings. The molecule has 3 rings (SSSR count). The Morgan fingerprint density at radius 1 is 1.22 bits per heavy atom. The van der Waals surface area contributed by atoms with Crippen LogP contribution in [0.5, 0.6) is 0 Å². The second kappa shape index (κ2) is 4.37. The Morgan fingerprint density at radius 3 is 2.61 bits per heavy atom. The van der Waals surface area contributed by atoms with E-state index in [9.17, 15) is 0 Å². The van der Waals surface area contributed by atoms with Crippen molar-refractivity contribution in [2.24, 2.45) is 0 Å². The van der Waals surface area contributed by atoms with Crippen molar-refractivity contribution in [3.63, 3.8) is 0 Å². The topological polar surface area (TPSA) is 64.7 Å². The first-order chi connectivity index (χ1) is 8.74. The third-order valence-corrected chi connectivity index (χ3v) is 3.37. The predicted molar refractivity (Wildman–Crippen MR) is 70.2 cm³/mol. The molecule has 0 aromatic carbocycles. The number of hydrogen-bond donors (Lipinski definition) is 1. The van der Waals surface area contributed by atoms with Crippen LogP contribution in [0, 0.1) is 6.92 Å². The van der Waals surface area contributed by atoms with Gasteiger partial charge in [-0.15, -0.1) is 0 Å². The molecule has 1 aliphatic carbocycles. The maximum absolute atomic E-state index is 5.98. The van der Waals surface area contributed by atoms with Gasteiger partial charge in [-0.2, -0.15) is 0 Å². The van der Waals surface area contributed by atoms with Crippen LogP contribution in [0.25, 0.3) is 0 Å². The highest BCUT2D eigenvalue weighted by molar-refractivity contribution is 5.43. The van der Waals surface area contributed by atoms with Gasteiger partial charge in [-0.1, -0.05) is 0 Å². The fraction of sp³-hybridized carbons (Fsp3) is 0.357. The van der Waals surface area contributed by atoms with E-state index in [1.807, 2.05) is 19.1 Å². The molecule has 0 unspecified atom stereocenters. The molecule has 2 N–H and O–H groups in total. The fourth-order valence-electron chi connectivity index (χ4n) is 1.99. The van der Waals surface area contributed by atoms with E-state index in [0.29, 0.717) is 11.7 Å². The highest BCUT2D eigenvalue weighted by Gasteiger charge is 2.27. The van der Waals surface area contributed by atoms with Crippen LogP contribution in [0.3, 0.4) is 0 Å². The normalized spacial score (nSPS) is 14.7. The number of nitrogens with zero attached hydrogens (tertiary/aromatic N) is 3. The summed E-state index contributed by atoms with van der Waals surface area (Å²) < 4.78 is 0. The van der Waals surface area contributed by atoms with Gasteiger partial charge >= 0.3 is 0 Å². The van der Waals surface area contributed by atoms with E-state index in [-0.39, 0.29) is 0 Å². The van der Waals surface area contributed by atoms with E-state index in [1.165, 1.54) is 18.4 Å². The van der Waals surface area contributed by atoms with Crippen molar-refractivity contribution < 1.29 is 0 Å². The van der Waals surface area contributed by atoms with Crippen LogP contribution < -0.4 is 5.73 Å². The van der Waals surface area contributed by atoms with Gasteiger partial charge in [0.2, 0.25) is 0 Å². The number of anilines is 1. The van der Waals surface area contributed by atoms with Crippen molar-refractivity contribution in [1.82, 2.24) is 15.0 Å². The number of nitrogen functional groups attached to an aromatic ring is 1. The van der Waals surface area contributed by atoms with Gasteiger partial charge in [-0.05, 0) is 37.5 Å². The van der Waals surface area contributed by atoms with Gasteiger partial charge in [-0.25, -0.2) is 9.97 Å². The van der Waals surface area contributed by atoms with E-state index in [2.05, 4.69) is 15.0 Å². The second-order valence-electron chi connectivity index (χ2n) is 4.85. The molecule has 18 heavy (non-hydrogen) atoms. The molecule has 0 amide bonds. The minimum atomic E-state index is 0.532. The fourth-order valence-corrected chi connectivity index (χ4v) is 1.99. The van der Waals surface area contributed by atoms with Crippen LogP contribution in [-0.4, -0.2) is 15.0 Å². The lowest BCUT2D eigenvalue weighted by Crippen LogP contribution is -2.07. The van der Waals surface area contributed by atoms with Crippen molar-refractivity contribution in [2.45, 2.75) is 32.1 Å². The third kappa shape index (κ3) is 2.18. The summed E-state index contributed by atoms with van der Waals surface area (Å²) in [4.78, 5) is 13.1. The summed E-state index contributed by atoms with van der Waals surface area (Å²) in [7, 11) is 0. The molecule has 4 nitrogen and oxygen atoms in total. The Labute approximate surface area is 106 Å². The molecule has 0 atom stereocenters. The summed E-state index contributed by atoms with van der Waals surface area (Å²) in [5.74, 6) is 2.07. The largest absolute Gasteiger partial charge is 0.383 e. The van der Waals surface area contributed by atoms with Gasteiger partial charge in [0.25, 0.3) is 0 Å². The number of aromatic nitrogens is 3. The lowest BCUT2D eigenvalue weighted by molar-refractivity contribution is 0.879. The Hall–Kier alpha value is -1.97. The van der Waals surface area contributed by atoms with Crippen molar-refractivity contribution in [1.29, 1.82) is 0 Å². The molecule has 2 aromatic rings. The summed E-state index contributed by atoms with van der Waals surface area (Å²) in [6.07, 6.45) is 6.78. The molecule has 0 bridgehead atoms. The Balaban J connectivity index is 1.95. The molecule has 2 heterocycles. The number of rotatable bonds is 3. The standard InChI is InChI=1S/C14H16N4/c1-9-12(8-10-4-6-16-7-5-10)17-14(11-2-3-11)18-13(9)15/h4-7,11H,2-3,8H2,1H3,(H2,15,17,18). The molecule has 0 aliphatic heterocycles. The van der Waals surface area contributed by atoms with Crippen LogP contribution >= 0.6 is 0 Å². The first kappa shape index (κ1) is 11.1. The number of pyridine rings is 1. The Bertz CT molecular complexity index is 562. The Kier molecular flexibility index (Phi) is 2.70. The summed E-state index contributed by atoms with van der Waals surface area (Å²) in [6.45, 7) is 1.99. The average molecular weight is 240 g/mol. The van der Waals surface area contributed by atoms with Gasteiger partial charge in [0.05, 0.1) is 5.69 Å². The van der Waals surface area contributed by atoms with E-state index < -0.39 is 0 Å². The molecule has 2 aromatic heterocycles. The molecule has 0 spiro atoms. The summed E-state index contributed by atoms with van der Waals surface area (Å²) >= 11 is 0. The number of hydrogen-bond acceptors (Lipinski definition) is 4. The van der Waals surface area contributed by atoms with Crippen LogP contribution in [0.4, 0.5) is 5.82 Å². The van der Waals surface area contributed by atoms with Gasteiger partial charge in [0.15, 0.2) is 0 Å². The van der Waals surface area contributed by atoms with Gasteiger partial charge in [0, 0.05) is 30.3 Å². The monoisotopic (exact) mass is 240 g/mol. The molecular weight excluding hydrogens is 224 g/mol. The molecule has 0 saturated heterocycles. The van der Waals surface area contributed by atoms with Gasteiger partial charge in [0.1, 0.15) is 11.6 Å². The lowest BCUT2D eigenvalue weighted by atomic mass is 10.1. The van der Waals surface area contributed by atoms with Crippen LogP contribution in [0.2, 0.25) is 0 Å². The molecular formula is C14H16N4. The number of nitrogens with two attached hydrogens (primary N) is 1. The average Bonchev–Trinajstić information content (AvgIpc) is 3.20. The Morgan fingerprint density at radius 2 is 1.94 bits per heavy atom. The third-order valence-electron chi connectivity index (χ3n) is 3.37. The van der Waals surface area contributed by atoms with E-state index in [0.717, 1.165) is 23.5 Å². The highest BCUT2D eigenvalue weighted by atomic mass is 15.0. The minimum absolute atomic E-state index is 0.532. The van der Waals surface area contributed by atoms with Gasteiger partial charge in [-0.3, -0.25) is 4.98 Å². The lowest BCUT2D eigenvalue weighted by Gasteiger charge is -2.09. The predicted octanol–water partition coefficient (Wildman–Crippen LogP) is 2.23. The maximum atomic E-state index is 5.98. The molecule has 0 radical (unpaired) electrons. The zero-order valence-corrected chi connectivity index (χ0v) is 10.4. The zero-order valence-electron chi connectivity index (χ0n) is 10.4. The summed E-state index contributed by atoms with van der Waals surface area (Å²) in [5.41, 5.74) is 9.21. The smallest absolute Gasteiger partial charge is 0.134 e. The van der Waals surface area contributed by atoms with Crippen molar-refractivity contribution in [2.75, 3.05) is 5.73 Å². The molecule has 1 saturated carbocycles. The highest BCUT2D eigenvalue weighted by Crippen LogP contribution is 2.38. The first-order valence-electron chi connectivity index (χ1n) is 6.26. The maximum Gasteiger partial charge on any atom is 0.134 e. The van der Waals surface area contributed by atoms with E-state index in [1.54, 1.807) is 12.4 Å². The van der Waals surface area contributed by atoms with E-state index in [4.69, 9.17) is 5.73 Å². The van der Waals surface area contributed by atoms with Crippen LogP contribution in [0.1, 0.15) is 41.4 Å². The zero-order chi connectivity index (χ0) is 12.5. The SMILES string of the molecule is Cc1c(N)nc(C2CC2)nc1Cc1ccncc1. The van der Waals surface area contributed by atoms with Crippen molar-refractivity contribution >= 4 is 5.82 Å². The molecule has 4 heteroatoms.